The molecule has 0 spiro atoms. The number of ether oxygens (including phenoxy) is 2. The Bertz CT molecular complexity index is 1270. The summed E-state index contributed by atoms with van der Waals surface area (Å²) < 4.78 is 25.8. The van der Waals surface area contributed by atoms with E-state index in [1.807, 2.05) is 30.3 Å². The van der Waals surface area contributed by atoms with Crippen molar-refractivity contribution in [3.8, 4) is 5.75 Å². The monoisotopic (exact) mass is 471 g/mol. The number of allylic oxidation sites excluding steroid dienone is 1. The van der Waals surface area contributed by atoms with Gasteiger partial charge in [0.1, 0.15) is 17.7 Å². The van der Waals surface area contributed by atoms with E-state index in [1.54, 1.807) is 0 Å². The molecule has 1 heterocycles. The molecule has 3 atom stereocenters. The van der Waals surface area contributed by atoms with Gasteiger partial charge < -0.3 is 14.8 Å². The third-order valence-electron chi connectivity index (χ3n) is 7.10. The van der Waals surface area contributed by atoms with Crippen LogP contribution >= 0.6 is 0 Å². The maximum Gasteiger partial charge on any atom is 0.340 e. The number of hydrogen-bond donors (Lipinski definition) is 1. The van der Waals surface area contributed by atoms with E-state index in [1.165, 1.54) is 35.9 Å². The number of rotatable bonds is 6. The van der Waals surface area contributed by atoms with Crippen molar-refractivity contribution >= 4 is 12.0 Å². The summed E-state index contributed by atoms with van der Waals surface area (Å²) in [6.07, 6.45) is 7.30. The van der Waals surface area contributed by atoms with Gasteiger partial charge in [0.05, 0.1) is 12.7 Å². The fourth-order valence-corrected chi connectivity index (χ4v) is 5.25. The lowest BCUT2D eigenvalue weighted by atomic mass is 9.83. The zero-order valence-corrected chi connectivity index (χ0v) is 20.1. The van der Waals surface area contributed by atoms with E-state index in [0.717, 1.165) is 29.7 Å². The predicted molar refractivity (Wildman–Crippen MR) is 135 cm³/mol. The number of fused-ring (bicyclic) bond motifs is 2. The summed E-state index contributed by atoms with van der Waals surface area (Å²) in [7, 11) is 1.25. The molecule has 0 unspecified atom stereocenters. The van der Waals surface area contributed by atoms with E-state index in [0.29, 0.717) is 13.0 Å². The Labute approximate surface area is 205 Å². The van der Waals surface area contributed by atoms with Crippen molar-refractivity contribution in [1.29, 1.82) is 0 Å². The minimum absolute atomic E-state index is 0.0318. The summed E-state index contributed by atoms with van der Waals surface area (Å²) in [4.78, 5) is 11.8. The molecule has 1 N–H and O–H groups in total. The van der Waals surface area contributed by atoms with Gasteiger partial charge in [0.2, 0.25) is 0 Å². The Morgan fingerprint density at radius 2 is 2.03 bits per heavy atom. The van der Waals surface area contributed by atoms with E-state index in [4.69, 9.17) is 4.74 Å². The number of carbonyl (C=O) groups excluding carboxylic acids is 1. The molecule has 1 aliphatic heterocycles. The first-order valence-electron chi connectivity index (χ1n) is 12.2. The third-order valence-corrected chi connectivity index (χ3v) is 7.10. The van der Waals surface area contributed by atoms with E-state index < -0.39 is 11.8 Å². The molecular weight excluding hydrogens is 441 g/mol. The Morgan fingerprint density at radius 1 is 1.17 bits per heavy atom. The highest BCUT2D eigenvalue weighted by atomic mass is 19.1. The highest BCUT2D eigenvalue weighted by Crippen LogP contribution is 2.40. The summed E-state index contributed by atoms with van der Waals surface area (Å²) in [5.74, 6) is -0.449. The molecule has 35 heavy (non-hydrogen) atoms. The lowest BCUT2D eigenvalue weighted by molar-refractivity contribution is 0.0595. The summed E-state index contributed by atoms with van der Waals surface area (Å²) in [6.45, 7) is 2.86. The van der Waals surface area contributed by atoms with E-state index >= 15 is 0 Å². The van der Waals surface area contributed by atoms with E-state index in [2.05, 4.69) is 47.3 Å². The van der Waals surface area contributed by atoms with Gasteiger partial charge in [0.25, 0.3) is 0 Å². The zero-order chi connectivity index (χ0) is 24.4. The van der Waals surface area contributed by atoms with Gasteiger partial charge in [-0.15, -0.1) is 0 Å². The highest BCUT2D eigenvalue weighted by molar-refractivity contribution is 5.89. The minimum Gasteiger partial charge on any atom is -0.489 e. The second-order valence-corrected chi connectivity index (χ2v) is 9.29. The lowest BCUT2D eigenvalue weighted by Gasteiger charge is -2.33. The first-order chi connectivity index (χ1) is 17.0. The van der Waals surface area contributed by atoms with Crippen LogP contribution in [0.2, 0.25) is 0 Å². The van der Waals surface area contributed by atoms with Crippen LogP contribution in [0.1, 0.15) is 69.9 Å². The largest absolute Gasteiger partial charge is 0.489 e. The number of carbonyl (C=O) groups is 1. The van der Waals surface area contributed by atoms with Crippen LogP contribution in [0.3, 0.4) is 0 Å². The Morgan fingerprint density at radius 3 is 2.86 bits per heavy atom. The molecule has 0 saturated heterocycles. The van der Waals surface area contributed by atoms with Crippen LogP contribution in [0.5, 0.6) is 5.75 Å². The van der Waals surface area contributed by atoms with Crippen molar-refractivity contribution in [3.63, 3.8) is 0 Å². The fourth-order valence-electron chi connectivity index (χ4n) is 5.25. The number of esters is 1. The number of halogens is 1. The van der Waals surface area contributed by atoms with Crippen LogP contribution in [0.25, 0.3) is 6.08 Å². The molecule has 0 bridgehead atoms. The maximum atomic E-state index is 14.7. The molecule has 3 aromatic carbocycles. The van der Waals surface area contributed by atoms with Gasteiger partial charge in [0.15, 0.2) is 0 Å². The SMILES string of the molecule is COC(=O)c1ccc([C@@H]2C[C@H](CN[C@H](C)c3cccc4c3C=CCC4)Oc3ccccc32)cc1F. The topological polar surface area (TPSA) is 47.6 Å². The van der Waals surface area contributed by atoms with Gasteiger partial charge in [0, 0.05) is 24.1 Å². The second-order valence-electron chi connectivity index (χ2n) is 9.29. The summed E-state index contributed by atoms with van der Waals surface area (Å²) in [5, 5.41) is 3.67. The first-order valence-corrected chi connectivity index (χ1v) is 12.2. The molecule has 4 nitrogen and oxygen atoms in total. The number of methoxy groups -OCH3 is 1. The number of nitrogens with one attached hydrogen (secondary N) is 1. The normalized spacial score (nSPS) is 19.3. The van der Waals surface area contributed by atoms with Gasteiger partial charge in [-0.1, -0.05) is 54.6 Å². The summed E-state index contributed by atoms with van der Waals surface area (Å²) in [6, 6.07) is 19.4. The molecule has 0 amide bonds. The van der Waals surface area contributed by atoms with Crippen molar-refractivity contribution in [2.45, 2.75) is 44.2 Å². The summed E-state index contributed by atoms with van der Waals surface area (Å²) >= 11 is 0. The van der Waals surface area contributed by atoms with Gasteiger partial charge >= 0.3 is 5.97 Å². The zero-order valence-electron chi connectivity index (χ0n) is 20.1. The van der Waals surface area contributed by atoms with Crippen LogP contribution in [0.4, 0.5) is 4.39 Å². The standard InChI is InChI=1S/C30H30FNO3/c1-19(23-12-7-9-20-8-3-4-10-24(20)23)32-18-22-17-27(25-11-5-6-13-29(25)35-22)21-14-15-26(28(31)16-21)30(33)34-2/h4-7,9-16,19,22,27,32H,3,8,17-18H2,1-2H3/t19-,22-,27+/m1/s1. The average molecular weight is 472 g/mol. The quantitative estimate of drug-likeness (QED) is 0.435. The fraction of sp³-hybridized carbons (Fsp3) is 0.300. The third kappa shape index (κ3) is 4.73. The predicted octanol–water partition coefficient (Wildman–Crippen LogP) is 6.21. The lowest BCUT2D eigenvalue weighted by Crippen LogP contribution is -2.37. The smallest absolute Gasteiger partial charge is 0.340 e. The maximum absolute atomic E-state index is 14.7. The molecule has 0 aromatic heterocycles. The van der Waals surface area contributed by atoms with Crippen LogP contribution in [0, 0.1) is 5.82 Å². The van der Waals surface area contributed by atoms with Crippen LogP contribution in [0.15, 0.2) is 66.7 Å². The van der Waals surface area contributed by atoms with Crippen molar-refractivity contribution < 1.29 is 18.7 Å². The van der Waals surface area contributed by atoms with Crippen molar-refractivity contribution in [3.05, 3.63) is 106 Å². The van der Waals surface area contributed by atoms with Crippen molar-refractivity contribution in [2.75, 3.05) is 13.7 Å². The number of para-hydroxylation sites is 1. The molecule has 5 heteroatoms. The van der Waals surface area contributed by atoms with Crippen LogP contribution < -0.4 is 10.1 Å². The Kier molecular flexibility index (Phi) is 6.69. The number of hydrogen-bond acceptors (Lipinski definition) is 4. The van der Waals surface area contributed by atoms with E-state index in [9.17, 15) is 9.18 Å². The molecular formula is C30H30FNO3. The van der Waals surface area contributed by atoms with Gasteiger partial charge in [-0.3, -0.25) is 0 Å². The van der Waals surface area contributed by atoms with Gasteiger partial charge in [-0.25, -0.2) is 9.18 Å². The van der Waals surface area contributed by atoms with Gasteiger partial charge in [-0.05, 0) is 66.6 Å². The number of aryl methyl sites for hydroxylation is 1. The summed E-state index contributed by atoms with van der Waals surface area (Å²) in [5.41, 5.74) is 5.83. The Hall–Kier alpha value is -3.44. The molecule has 5 rings (SSSR count). The Balaban J connectivity index is 1.35. The minimum atomic E-state index is -0.671. The molecule has 2 aliphatic rings. The highest BCUT2D eigenvalue weighted by Gasteiger charge is 2.30. The second kappa shape index (κ2) is 10.0. The van der Waals surface area contributed by atoms with Crippen molar-refractivity contribution in [1.82, 2.24) is 5.32 Å². The van der Waals surface area contributed by atoms with Gasteiger partial charge in [-0.2, -0.15) is 0 Å². The molecule has 0 saturated carbocycles. The number of benzene rings is 3. The molecule has 180 valence electrons. The van der Waals surface area contributed by atoms with Crippen molar-refractivity contribution in [2.24, 2.45) is 0 Å². The first kappa shape index (κ1) is 23.3. The average Bonchev–Trinajstić information content (AvgIpc) is 2.90. The molecule has 0 fully saturated rings. The molecule has 3 aromatic rings. The van der Waals surface area contributed by atoms with E-state index in [-0.39, 0.29) is 23.6 Å². The molecule has 0 radical (unpaired) electrons. The van der Waals surface area contributed by atoms with Crippen LogP contribution in [-0.4, -0.2) is 25.7 Å². The van der Waals surface area contributed by atoms with Crippen LogP contribution in [-0.2, 0) is 11.2 Å². The molecule has 1 aliphatic carbocycles.